The zero-order valence-corrected chi connectivity index (χ0v) is 26.5. The zero-order chi connectivity index (χ0) is 29.1. The maximum absolute atomic E-state index is 10.00. The largest absolute Gasteiger partial charge is 0.392 e. The van der Waals surface area contributed by atoms with E-state index in [4.69, 9.17) is 23.7 Å². The second kappa shape index (κ2) is 16.6. The molecular weight excluding hydrogens is 536 g/mol. The predicted molar refractivity (Wildman–Crippen MR) is 167 cm³/mol. The Hall–Kier alpha value is -1.19. The minimum atomic E-state index is -0.729. The molecule has 2 aromatic rings. The van der Waals surface area contributed by atoms with Crippen molar-refractivity contribution in [1.82, 2.24) is 0 Å². The Kier molecular flexibility index (Phi) is 13.2. The van der Waals surface area contributed by atoms with Crippen molar-refractivity contribution in [2.75, 3.05) is 33.0 Å². The molecule has 6 nitrogen and oxygen atoms in total. The molecule has 1 fully saturated rings. The molecule has 2 aromatic carbocycles. The van der Waals surface area contributed by atoms with Crippen LogP contribution in [0, 0.1) is 0 Å². The van der Waals surface area contributed by atoms with Gasteiger partial charge in [-0.15, -0.1) is 11.8 Å². The molecule has 1 N–H and O–H groups in total. The summed E-state index contributed by atoms with van der Waals surface area (Å²) >= 11 is 1.81. The van der Waals surface area contributed by atoms with E-state index in [0.29, 0.717) is 33.0 Å². The van der Waals surface area contributed by atoms with Crippen LogP contribution in [0.25, 0.3) is 10.8 Å². The summed E-state index contributed by atoms with van der Waals surface area (Å²) < 4.78 is 33.4. The molecule has 0 bridgehead atoms. The van der Waals surface area contributed by atoms with Crippen molar-refractivity contribution in [3.63, 3.8) is 0 Å². The van der Waals surface area contributed by atoms with Crippen LogP contribution < -0.4 is 0 Å². The normalized spacial score (nSPS) is 25.8. The summed E-state index contributed by atoms with van der Waals surface area (Å²) in [6, 6.07) is 10.5. The molecule has 230 valence electrons. The number of aliphatic hydroxyl groups is 1. The lowest BCUT2D eigenvalue weighted by atomic mass is 9.89. The first-order chi connectivity index (χ1) is 20.1. The van der Waals surface area contributed by atoms with Crippen molar-refractivity contribution >= 4 is 22.5 Å². The van der Waals surface area contributed by atoms with Crippen LogP contribution in [-0.2, 0) is 41.8 Å². The quantitative estimate of drug-likeness (QED) is 0.181. The Morgan fingerprint density at radius 3 is 2.15 bits per heavy atom. The number of unbranched alkanes of at least 4 members (excludes halogenated alkanes) is 4. The second-order valence-corrected chi connectivity index (χ2v) is 12.8. The van der Waals surface area contributed by atoms with Crippen molar-refractivity contribution in [3.8, 4) is 0 Å². The Bertz CT molecular complexity index is 1060. The van der Waals surface area contributed by atoms with E-state index in [2.05, 4.69) is 45.9 Å². The molecule has 4 rings (SSSR count). The molecule has 7 heteroatoms. The third-order valence-electron chi connectivity index (χ3n) is 8.27. The Balaban J connectivity index is 1.79. The van der Waals surface area contributed by atoms with Crippen LogP contribution in [0.2, 0.25) is 0 Å². The van der Waals surface area contributed by atoms with Crippen molar-refractivity contribution in [1.29, 1.82) is 0 Å². The van der Waals surface area contributed by atoms with Gasteiger partial charge in [0.25, 0.3) is 0 Å². The number of hydrogen-bond acceptors (Lipinski definition) is 7. The highest BCUT2D eigenvalue weighted by Crippen LogP contribution is 2.57. The molecule has 0 amide bonds. The van der Waals surface area contributed by atoms with Gasteiger partial charge in [-0.3, -0.25) is 0 Å². The molecule has 0 unspecified atom stereocenters. The summed E-state index contributed by atoms with van der Waals surface area (Å²) in [5.74, 6) is 0. The van der Waals surface area contributed by atoms with Gasteiger partial charge in [0.05, 0.1) is 25.1 Å². The second-order valence-electron chi connectivity index (χ2n) is 11.3. The van der Waals surface area contributed by atoms with Gasteiger partial charge in [-0.2, -0.15) is 0 Å². The molecule has 41 heavy (non-hydrogen) atoms. The maximum atomic E-state index is 10.00. The molecule has 2 aliphatic rings. The lowest BCUT2D eigenvalue weighted by molar-refractivity contribution is -0.199. The van der Waals surface area contributed by atoms with E-state index >= 15 is 0 Å². The molecule has 1 saturated heterocycles. The standard InChI is InChI=1S/C34H52O6S/c1-5-9-18-36-24-30-31(37-19-10-6-2)32(38-20-11-7-3)33(39-21-12-8-4)34(41-30)29-17-16-26-25(22-35)14-13-15-27(26)28(29)23-40-34/h13-17,30-33,35H,5-12,18-24H2,1-4H3/t30-,31-,32+,33-,34+/m1/s1. The van der Waals surface area contributed by atoms with E-state index in [-0.39, 0.29) is 30.2 Å². The number of rotatable bonds is 18. The predicted octanol–water partition coefficient (Wildman–Crippen LogP) is 7.50. The molecule has 1 spiro atoms. The summed E-state index contributed by atoms with van der Waals surface area (Å²) in [6.07, 6.45) is 7.58. The fourth-order valence-corrected chi connectivity index (χ4v) is 7.66. The van der Waals surface area contributed by atoms with E-state index in [0.717, 1.165) is 79.9 Å². The van der Waals surface area contributed by atoms with Gasteiger partial charge in [-0.1, -0.05) is 83.7 Å². The Morgan fingerprint density at radius 2 is 1.46 bits per heavy atom. The molecular formula is C34H52O6S. The highest BCUT2D eigenvalue weighted by Gasteiger charge is 2.60. The van der Waals surface area contributed by atoms with Gasteiger partial charge in [-0.25, -0.2) is 0 Å². The first-order valence-electron chi connectivity index (χ1n) is 16.0. The van der Waals surface area contributed by atoms with Crippen LogP contribution in [0.4, 0.5) is 0 Å². The van der Waals surface area contributed by atoms with E-state index in [9.17, 15) is 5.11 Å². The van der Waals surface area contributed by atoms with Gasteiger partial charge in [-0.05, 0) is 47.6 Å². The Morgan fingerprint density at radius 1 is 0.805 bits per heavy atom. The number of ether oxygens (including phenoxy) is 5. The molecule has 2 aliphatic heterocycles. The number of benzene rings is 2. The fraction of sp³-hybridized carbons (Fsp3) is 0.706. The van der Waals surface area contributed by atoms with Gasteiger partial charge in [0, 0.05) is 32.0 Å². The SMILES string of the molecule is CCCCOC[C@H]1S[C@]2(OCc3c2ccc2c(CO)cccc32)[C@H](OCCCC)[C@@H](OCCCC)[C@@H]1OCCCC. The molecule has 0 aliphatic carbocycles. The first kappa shape index (κ1) is 32.7. The summed E-state index contributed by atoms with van der Waals surface area (Å²) in [5.41, 5.74) is 3.27. The number of fused-ring (bicyclic) bond motifs is 4. The van der Waals surface area contributed by atoms with Crippen molar-refractivity contribution in [2.45, 2.75) is 121 Å². The lowest BCUT2D eigenvalue weighted by Gasteiger charge is -2.51. The summed E-state index contributed by atoms with van der Waals surface area (Å²) in [4.78, 5) is -0.729. The smallest absolute Gasteiger partial charge is 0.169 e. The first-order valence-corrected chi connectivity index (χ1v) is 16.9. The van der Waals surface area contributed by atoms with Gasteiger partial charge in [0.2, 0.25) is 0 Å². The van der Waals surface area contributed by atoms with Crippen LogP contribution >= 0.6 is 11.8 Å². The van der Waals surface area contributed by atoms with Gasteiger partial charge in [0.15, 0.2) is 4.93 Å². The Labute approximate surface area is 251 Å². The number of hydrogen-bond donors (Lipinski definition) is 1. The average Bonchev–Trinajstić information content (AvgIpc) is 3.36. The van der Waals surface area contributed by atoms with Crippen LogP contribution in [0.5, 0.6) is 0 Å². The van der Waals surface area contributed by atoms with E-state index in [1.54, 1.807) is 0 Å². The highest BCUT2D eigenvalue weighted by atomic mass is 32.2. The van der Waals surface area contributed by atoms with Gasteiger partial charge >= 0.3 is 0 Å². The topological polar surface area (TPSA) is 66.4 Å². The van der Waals surface area contributed by atoms with Crippen molar-refractivity contribution < 1.29 is 28.8 Å². The maximum Gasteiger partial charge on any atom is 0.169 e. The van der Waals surface area contributed by atoms with Crippen LogP contribution in [0.1, 0.15) is 95.8 Å². The zero-order valence-electron chi connectivity index (χ0n) is 25.7. The summed E-state index contributed by atoms with van der Waals surface area (Å²) in [6.45, 7) is 12.6. The van der Waals surface area contributed by atoms with Crippen molar-refractivity contribution in [2.24, 2.45) is 0 Å². The third-order valence-corrected chi connectivity index (χ3v) is 9.89. The van der Waals surface area contributed by atoms with Gasteiger partial charge in [0.1, 0.15) is 18.3 Å². The minimum absolute atomic E-state index is 0.0148. The summed E-state index contributed by atoms with van der Waals surface area (Å²) in [7, 11) is 0. The van der Waals surface area contributed by atoms with Crippen LogP contribution in [0.15, 0.2) is 30.3 Å². The highest BCUT2D eigenvalue weighted by molar-refractivity contribution is 8.00. The van der Waals surface area contributed by atoms with Crippen LogP contribution in [0.3, 0.4) is 0 Å². The average molecular weight is 589 g/mol. The fourth-order valence-electron chi connectivity index (χ4n) is 5.90. The molecule has 0 aromatic heterocycles. The van der Waals surface area contributed by atoms with Crippen LogP contribution in [-0.4, -0.2) is 61.7 Å². The monoisotopic (exact) mass is 588 g/mol. The molecule has 5 atom stereocenters. The minimum Gasteiger partial charge on any atom is -0.392 e. The summed E-state index contributed by atoms with van der Waals surface area (Å²) in [5, 5.41) is 12.3. The number of thioether (sulfide) groups is 1. The van der Waals surface area contributed by atoms with Gasteiger partial charge < -0.3 is 28.8 Å². The number of aliphatic hydroxyl groups excluding tert-OH is 1. The lowest BCUT2D eigenvalue weighted by Crippen LogP contribution is -2.61. The van der Waals surface area contributed by atoms with E-state index < -0.39 is 4.93 Å². The molecule has 2 heterocycles. The molecule has 0 saturated carbocycles. The molecule has 0 radical (unpaired) electrons. The van der Waals surface area contributed by atoms with E-state index in [1.165, 1.54) is 5.56 Å². The van der Waals surface area contributed by atoms with E-state index in [1.807, 2.05) is 23.9 Å². The third kappa shape index (κ3) is 7.49. The van der Waals surface area contributed by atoms with Crippen molar-refractivity contribution in [3.05, 3.63) is 47.0 Å².